The number of fused-ring (bicyclic) bond motifs is 1. The van der Waals surface area contributed by atoms with E-state index in [2.05, 4.69) is 4.98 Å². The molecule has 0 radical (unpaired) electrons. The lowest BCUT2D eigenvalue weighted by molar-refractivity contribution is 0.350. The van der Waals surface area contributed by atoms with Gasteiger partial charge in [0.15, 0.2) is 0 Å². The summed E-state index contributed by atoms with van der Waals surface area (Å²) in [4.78, 5) is 18.6. The lowest BCUT2D eigenvalue weighted by atomic mass is 9.83. The van der Waals surface area contributed by atoms with Crippen LogP contribution in [0.3, 0.4) is 0 Å². The van der Waals surface area contributed by atoms with Crippen molar-refractivity contribution in [3.05, 3.63) is 44.8 Å². The number of benzene rings is 1. The van der Waals surface area contributed by atoms with Crippen LogP contribution in [-0.2, 0) is 12.8 Å². The maximum absolute atomic E-state index is 13.2. The molecule has 0 bridgehead atoms. The third-order valence-electron chi connectivity index (χ3n) is 5.66. The predicted octanol–water partition coefficient (Wildman–Crippen LogP) is 5.62. The molecule has 4 nitrogen and oxygen atoms in total. The topological polar surface area (TPSA) is 63.3 Å². The van der Waals surface area contributed by atoms with Crippen LogP contribution in [0.5, 0.6) is 5.75 Å². The Hall–Kier alpha value is -2.14. The zero-order valence-corrected chi connectivity index (χ0v) is 16.7. The number of hydrogen-bond acceptors (Lipinski definition) is 5. The molecule has 1 aromatic carbocycles. The van der Waals surface area contributed by atoms with Crippen LogP contribution in [0.1, 0.15) is 55.0 Å². The second kappa shape index (κ2) is 7.47. The molecule has 1 fully saturated rings. The van der Waals surface area contributed by atoms with Crippen LogP contribution in [0, 0.1) is 12.8 Å². The average Bonchev–Trinajstić information content (AvgIpc) is 3.11. The van der Waals surface area contributed by atoms with Gasteiger partial charge in [-0.25, -0.2) is 4.98 Å². The molecule has 4 rings (SSSR count). The van der Waals surface area contributed by atoms with Crippen LogP contribution >= 0.6 is 11.3 Å². The van der Waals surface area contributed by atoms with Crippen molar-refractivity contribution in [2.45, 2.75) is 58.8 Å². The monoisotopic (exact) mass is 383 g/mol. The first-order valence-electron chi connectivity index (χ1n) is 9.80. The van der Waals surface area contributed by atoms with Gasteiger partial charge in [-0.1, -0.05) is 39.0 Å². The summed E-state index contributed by atoms with van der Waals surface area (Å²) < 4.78 is 5.95. The van der Waals surface area contributed by atoms with Gasteiger partial charge in [-0.15, -0.1) is 11.3 Å². The third kappa shape index (κ3) is 3.41. The molecule has 0 amide bonds. The van der Waals surface area contributed by atoms with E-state index in [9.17, 15) is 9.90 Å². The second-order valence-corrected chi connectivity index (χ2v) is 8.79. The highest BCUT2D eigenvalue weighted by atomic mass is 32.1. The summed E-state index contributed by atoms with van der Waals surface area (Å²) in [5.41, 5.74) is 2.59. The van der Waals surface area contributed by atoms with Gasteiger partial charge in [0, 0.05) is 16.6 Å². The van der Waals surface area contributed by atoms with Crippen molar-refractivity contribution in [2.75, 3.05) is 0 Å². The average molecular weight is 384 g/mol. The van der Waals surface area contributed by atoms with Gasteiger partial charge < -0.3 is 9.52 Å². The number of nitrogens with zero attached hydrogens (tertiary/aromatic N) is 1. The quantitative estimate of drug-likeness (QED) is 0.635. The molecular formula is C22H25NO3S. The van der Waals surface area contributed by atoms with Gasteiger partial charge in [0.1, 0.15) is 22.6 Å². The number of phenolic OH excluding ortho intramolecular Hbond substituents is 1. The maximum atomic E-state index is 13.2. The molecule has 5 heteroatoms. The van der Waals surface area contributed by atoms with E-state index < -0.39 is 0 Å². The number of aromatic hydroxyl groups is 1. The number of aryl methyl sites for hydroxylation is 2. The minimum atomic E-state index is -0.0646. The zero-order valence-electron chi connectivity index (χ0n) is 15.9. The van der Waals surface area contributed by atoms with E-state index >= 15 is 0 Å². The molecule has 142 valence electrons. The molecular weight excluding hydrogens is 358 g/mol. The summed E-state index contributed by atoms with van der Waals surface area (Å²) in [6.07, 6.45) is 10.9. The Morgan fingerprint density at radius 1 is 1.30 bits per heavy atom. The molecule has 2 heterocycles. The van der Waals surface area contributed by atoms with E-state index in [1.54, 1.807) is 12.3 Å². The van der Waals surface area contributed by atoms with Gasteiger partial charge in [-0.2, -0.15) is 0 Å². The Labute approximate surface area is 162 Å². The highest BCUT2D eigenvalue weighted by Crippen LogP contribution is 2.37. The van der Waals surface area contributed by atoms with Crippen LogP contribution in [-0.4, -0.2) is 10.1 Å². The lowest BCUT2D eigenvalue weighted by Crippen LogP contribution is -2.12. The Bertz CT molecular complexity index is 1030. The number of rotatable bonds is 4. The van der Waals surface area contributed by atoms with E-state index in [1.165, 1.54) is 49.7 Å². The van der Waals surface area contributed by atoms with Crippen LogP contribution in [0.25, 0.3) is 21.5 Å². The molecule has 2 aromatic heterocycles. The largest absolute Gasteiger partial charge is 0.507 e. The van der Waals surface area contributed by atoms with Crippen molar-refractivity contribution in [1.29, 1.82) is 0 Å². The summed E-state index contributed by atoms with van der Waals surface area (Å²) in [7, 11) is 0. The standard InChI is InChI=1S/C22H25NO3S/c1-3-15-10-17-20(25)18(22-23-11-13(2)27-22)12-26-21(17)16(19(15)24)9-14-7-5-4-6-8-14/h10-12,14,24H,3-9H2,1-2H3. The summed E-state index contributed by atoms with van der Waals surface area (Å²) in [6.45, 7) is 3.97. The van der Waals surface area contributed by atoms with Gasteiger partial charge in [0.2, 0.25) is 5.43 Å². The molecule has 0 spiro atoms. The van der Waals surface area contributed by atoms with Crippen molar-refractivity contribution in [1.82, 2.24) is 4.98 Å². The first kappa shape index (κ1) is 18.2. The van der Waals surface area contributed by atoms with Crippen LogP contribution in [0.4, 0.5) is 0 Å². The Balaban J connectivity index is 1.87. The molecule has 1 N–H and O–H groups in total. The van der Waals surface area contributed by atoms with Gasteiger partial charge in [0.05, 0.1) is 10.9 Å². The minimum absolute atomic E-state index is 0.0646. The molecule has 27 heavy (non-hydrogen) atoms. The lowest BCUT2D eigenvalue weighted by Gasteiger charge is -2.23. The van der Waals surface area contributed by atoms with Gasteiger partial charge in [-0.05, 0) is 37.3 Å². The fourth-order valence-electron chi connectivity index (χ4n) is 4.16. The molecule has 1 aliphatic carbocycles. The van der Waals surface area contributed by atoms with Gasteiger partial charge in [-0.3, -0.25) is 4.79 Å². The molecule has 0 atom stereocenters. The summed E-state index contributed by atoms with van der Waals surface area (Å²) >= 11 is 1.49. The van der Waals surface area contributed by atoms with Crippen molar-refractivity contribution >= 4 is 22.3 Å². The van der Waals surface area contributed by atoms with Crippen molar-refractivity contribution in [3.8, 4) is 16.3 Å². The predicted molar refractivity (Wildman–Crippen MR) is 110 cm³/mol. The minimum Gasteiger partial charge on any atom is -0.507 e. The van der Waals surface area contributed by atoms with E-state index in [0.29, 0.717) is 39.6 Å². The van der Waals surface area contributed by atoms with E-state index in [1.807, 2.05) is 13.8 Å². The summed E-state index contributed by atoms with van der Waals surface area (Å²) in [5, 5.41) is 12.1. The first-order valence-corrected chi connectivity index (χ1v) is 10.6. The first-order chi connectivity index (χ1) is 13.1. The molecule has 0 saturated heterocycles. The molecule has 1 saturated carbocycles. The molecule has 3 aromatic rings. The van der Waals surface area contributed by atoms with Crippen LogP contribution in [0.15, 0.2) is 27.7 Å². The number of aromatic nitrogens is 1. The van der Waals surface area contributed by atoms with E-state index in [-0.39, 0.29) is 5.43 Å². The molecule has 0 aliphatic heterocycles. The normalized spacial score (nSPS) is 15.5. The fourth-order valence-corrected chi connectivity index (χ4v) is 4.92. The number of hydrogen-bond donors (Lipinski definition) is 1. The SMILES string of the molecule is CCc1cc2c(=O)c(-c3ncc(C)s3)coc2c(CC2CCCCC2)c1O. The fraction of sp³-hybridized carbons (Fsp3) is 0.455. The van der Waals surface area contributed by atoms with Gasteiger partial charge >= 0.3 is 0 Å². The van der Waals surface area contributed by atoms with E-state index in [4.69, 9.17) is 4.42 Å². The van der Waals surface area contributed by atoms with Crippen molar-refractivity contribution in [2.24, 2.45) is 5.92 Å². The molecule has 1 aliphatic rings. The summed E-state index contributed by atoms with van der Waals surface area (Å²) in [5.74, 6) is 0.850. The zero-order chi connectivity index (χ0) is 19.0. The Kier molecular flexibility index (Phi) is 5.04. The summed E-state index contributed by atoms with van der Waals surface area (Å²) in [6, 6.07) is 1.80. The Morgan fingerprint density at radius 3 is 2.74 bits per heavy atom. The van der Waals surface area contributed by atoms with Crippen molar-refractivity contribution in [3.63, 3.8) is 0 Å². The molecule has 0 unspecified atom stereocenters. The smallest absolute Gasteiger partial charge is 0.202 e. The highest BCUT2D eigenvalue weighted by molar-refractivity contribution is 7.14. The second-order valence-electron chi connectivity index (χ2n) is 7.56. The van der Waals surface area contributed by atoms with Crippen molar-refractivity contribution < 1.29 is 9.52 Å². The maximum Gasteiger partial charge on any atom is 0.202 e. The van der Waals surface area contributed by atoms with E-state index in [0.717, 1.165) is 22.4 Å². The number of thiazole rings is 1. The van der Waals surface area contributed by atoms with Crippen LogP contribution in [0.2, 0.25) is 0 Å². The third-order valence-corrected chi connectivity index (χ3v) is 6.61. The van der Waals surface area contributed by atoms with Gasteiger partial charge in [0.25, 0.3) is 0 Å². The highest BCUT2D eigenvalue weighted by Gasteiger charge is 2.22. The number of phenols is 1. The Morgan fingerprint density at radius 2 is 2.07 bits per heavy atom. The van der Waals surface area contributed by atoms with Crippen LogP contribution < -0.4 is 5.43 Å².